The van der Waals surface area contributed by atoms with Crippen LogP contribution in [-0.2, 0) is 9.59 Å². The van der Waals surface area contributed by atoms with Gasteiger partial charge < -0.3 is 14.7 Å². The Morgan fingerprint density at radius 1 is 1.15 bits per heavy atom. The van der Waals surface area contributed by atoms with E-state index in [0.29, 0.717) is 38.7 Å². The van der Waals surface area contributed by atoms with Crippen molar-refractivity contribution in [3.8, 4) is 5.75 Å². The summed E-state index contributed by atoms with van der Waals surface area (Å²) in [4.78, 5) is 28.3. The number of likely N-dealkylation sites (tertiary alicyclic amines) is 1. The predicted molar refractivity (Wildman–Crippen MR) is 151 cm³/mol. The zero-order valence-electron chi connectivity index (χ0n) is 21.8. The second kappa shape index (κ2) is 12.0. The van der Waals surface area contributed by atoms with E-state index in [1.165, 1.54) is 11.8 Å². The third-order valence-corrected chi connectivity index (χ3v) is 9.40. The van der Waals surface area contributed by atoms with Crippen molar-refractivity contribution in [1.82, 2.24) is 15.3 Å². The minimum Gasteiger partial charge on any atom is -0.494 e. The molecular formula is C28H28Cl2F3N3O4S. The number of nitrogens with one attached hydrogen (secondary N) is 1. The van der Waals surface area contributed by atoms with Crippen molar-refractivity contribution in [2.75, 3.05) is 32.8 Å². The third-order valence-electron chi connectivity index (χ3n) is 7.47. The van der Waals surface area contributed by atoms with E-state index in [0.717, 1.165) is 11.1 Å². The minimum absolute atomic E-state index is 0.0455. The van der Waals surface area contributed by atoms with E-state index in [-0.39, 0.29) is 49.6 Å². The molecule has 2 N–H and O–H groups in total. The number of halogens is 5. The van der Waals surface area contributed by atoms with Gasteiger partial charge in [-0.05, 0) is 48.2 Å². The molecule has 2 amide bonds. The Morgan fingerprint density at radius 3 is 2.46 bits per heavy atom. The van der Waals surface area contributed by atoms with E-state index >= 15 is 0 Å². The van der Waals surface area contributed by atoms with Crippen molar-refractivity contribution < 1.29 is 32.6 Å². The molecule has 0 aliphatic carbocycles. The Bertz CT molecular complexity index is 1330. The van der Waals surface area contributed by atoms with Crippen LogP contribution in [0.5, 0.6) is 5.75 Å². The van der Waals surface area contributed by atoms with E-state index in [2.05, 4.69) is 5.43 Å². The number of hydrogen-bond donors (Lipinski definition) is 2. The van der Waals surface area contributed by atoms with Gasteiger partial charge in [-0.1, -0.05) is 47.5 Å². The summed E-state index contributed by atoms with van der Waals surface area (Å²) >= 11 is 14.1. The summed E-state index contributed by atoms with van der Waals surface area (Å²) in [5, 5.41) is 10.4. The van der Waals surface area contributed by atoms with Gasteiger partial charge in [0, 0.05) is 47.3 Å². The number of hydrogen-bond acceptors (Lipinski definition) is 6. The quantitative estimate of drug-likeness (QED) is 0.376. The molecule has 2 saturated heterocycles. The Hall–Kier alpha value is -2.44. The zero-order valence-corrected chi connectivity index (χ0v) is 24.1. The highest BCUT2D eigenvalue weighted by atomic mass is 35.5. The Balaban J connectivity index is 1.31. The van der Waals surface area contributed by atoms with Crippen molar-refractivity contribution in [3.05, 3.63) is 74.6 Å². The third kappa shape index (κ3) is 6.49. The molecule has 2 unspecified atom stereocenters. The number of allylic oxidation sites excluding steroid dienone is 1. The van der Waals surface area contributed by atoms with E-state index < -0.39 is 24.2 Å². The molecule has 220 valence electrons. The molecule has 7 nitrogen and oxygen atoms in total. The summed E-state index contributed by atoms with van der Waals surface area (Å²) in [6, 6.07) is 12.8. The number of carbonyl (C=O) groups is 2. The number of hydrazine groups is 1. The Morgan fingerprint density at radius 2 is 1.85 bits per heavy atom. The van der Waals surface area contributed by atoms with Gasteiger partial charge in [0.05, 0.1) is 11.5 Å². The lowest BCUT2D eigenvalue weighted by Crippen LogP contribution is -2.79. The Labute approximate surface area is 249 Å². The maximum Gasteiger partial charge on any atom is 0.407 e. The van der Waals surface area contributed by atoms with E-state index in [4.69, 9.17) is 33.0 Å². The van der Waals surface area contributed by atoms with Gasteiger partial charge in [0.1, 0.15) is 17.8 Å². The van der Waals surface area contributed by atoms with Crippen LogP contribution in [0.4, 0.5) is 13.2 Å². The van der Waals surface area contributed by atoms with Crippen LogP contribution in [0.1, 0.15) is 41.6 Å². The van der Waals surface area contributed by atoms with Crippen molar-refractivity contribution in [2.24, 2.45) is 0 Å². The highest BCUT2D eigenvalue weighted by Crippen LogP contribution is 2.54. The molecule has 0 aromatic heterocycles. The minimum atomic E-state index is -4.49. The molecule has 3 heterocycles. The first-order valence-electron chi connectivity index (χ1n) is 13.1. The molecule has 5 rings (SSSR count). The molecule has 3 aliphatic heterocycles. The Kier molecular flexibility index (Phi) is 8.82. The maximum absolute atomic E-state index is 13.6. The molecule has 3 aliphatic rings. The van der Waals surface area contributed by atoms with Crippen LogP contribution in [0.15, 0.2) is 53.4 Å². The number of piperidine rings is 1. The molecule has 2 atom stereocenters. The number of amides is 2. The second-order valence-corrected chi connectivity index (χ2v) is 12.3. The maximum atomic E-state index is 13.6. The average molecular weight is 631 g/mol. The summed E-state index contributed by atoms with van der Waals surface area (Å²) in [6.45, 7) is -0.414. The normalized spacial score (nSPS) is 22.1. The monoisotopic (exact) mass is 629 g/mol. The van der Waals surface area contributed by atoms with Gasteiger partial charge in [-0.15, -0.1) is 11.8 Å². The van der Waals surface area contributed by atoms with Crippen LogP contribution in [-0.4, -0.2) is 71.4 Å². The van der Waals surface area contributed by atoms with Gasteiger partial charge in [-0.25, -0.2) is 5.43 Å². The SMILES string of the molecule is O=C(C1=CC(c2ccc(OCCCO)cc2)C(c2ccc(Cl)cc2Cl)S1)N1CCC2(CC1)NN(CC(F)(F)F)C2=O. The van der Waals surface area contributed by atoms with Crippen LogP contribution in [0.25, 0.3) is 0 Å². The van der Waals surface area contributed by atoms with E-state index in [1.807, 2.05) is 36.4 Å². The molecule has 2 aromatic rings. The standard InChI is InChI=1S/C28H28Cl2F3N3O4S/c29-18-4-7-20(22(30)14-18)24-21(17-2-5-19(6-3-17)40-13-1-12-37)15-23(41-24)25(38)35-10-8-27(9-11-35)26(39)36(34-27)16-28(31,32)33/h2-7,14-15,21,24,34,37H,1,8-13,16H2. The van der Waals surface area contributed by atoms with Gasteiger partial charge in [0.2, 0.25) is 0 Å². The lowest BCUT2D eigenvalue weighted by Gasteiger charge is -2.53. The molecule has 0 saturated carbocycles. The molecule has 0 radical (unpaired) electrons. The fourth-order valence-corrected chi connectivity index (χ4v) is 7.38. The number of benzene rings is 2. The number of nitrogens with zero attached hydrogens (tertiary/aromatic N) is 2. The number of thioether (sulfide) groups is 1. The summed E-state index contributed by atoms with van der Waals surface area (Å²) in [5.74, 6) is -0.293. The molecule has 41 heavy (non-hydrogen) atoms. The van der Waals surface area contributed by atoms with Crippen molar-refractivity contribution >= 4 is 46.8 Å². The van der Waals surface area contributed by atoms with E-state index in [1.54, 1.807) is 17.0 Å². The van der Waals surface area contributed by atoms with Gasteiger partial charge in [-0.2, -0.15) is 13.2 Å². The van der Waals surface area contributed by atoms with Crippen LogP contribution in [0.3, 0.4) is 0 Å². The smallest absolute Gasteiger partial charge is 0.407 e. The van der Waals surface area contributed by atoms with Crippen molar-refractivity contribution in [2.45, 2.75) is 42.1 Å². The number of ether oxygens (including phenoxy) is 1. The zero-order chi connectivity index (χ0) is 29.4. The van der Waals surface area contributed by atoms with Gasteiger partial charge in [0.15, 0.2) is 0 Å². The van der Waals surface area contributed by atoms with Crippen molar-refractivity contribution in [3.63, 3.8) is 0 Å². The number of aliphatic hydroxyl groups is 1. The van der Waals surface area contributed by atoms with Crippen molar-refractivity contribution in [1.29, 1.82) is 0 Å². The molecular weight excluding hydrogens is 602 g/mol. The molecule has 2 fully saturated rings. The number of carbonyl (C=O) groups excluding carboxylic acids is 2. The first-order chi connectivity index (χ1) is 19.5. The summed E-state index contributed by atoms with van der Waals surface area (Å²) in [5.41, 5.74) is 3.41. The van der Waals surface area contributed by atoms with E-state index in [9.17, 15) is 22.8 Å². The highest BCUT2D eigenvalue weighted by Gasteiger charge is 2.56. The number of rotatable bonds is 8. The fraction of sp³-hybridized carbons (Fsp3) is 0.429. The molecule has 0 bridgehead atoms. The summed E-state index contributed by atoms with van der Waals surface area (Å²) < 4.78 is 43.8. The van der Waals surface area contributed by atoms with Crippen LogP contribution in [0, 0.1) is 0 Å². The lowest BCUT2D eigenvalue weighted by atomic mass is 9.83. The molecule has 1 spiro atoms. The highest BCUT2D eigenvalue weighted by molar-refractivity contribution is 8.04. The predicted octanol–water partition coefficient (Wildman–Crippen LogP) is 5.48. The second-order valence-electron chi connectivity index (χ2n) is 10.2. The number of aliphatic hydroxyl groups excluding tert-OH is 1. The summed E-state index contributed by atoms with van der Waals surface area (Å²) in [6.07, 6.45) is -1.57. The molecule has 2 aromatic carbocycles. The first-order valence-corrected chi connectivity index (χ1v) is 14.8. The van der Waals surface area contributed by atoms with Crippen LogP contribution >= 0.6 is 35.0 Å². The average Bonchev–Trinajstić information content (AvgIpc) is 3.37. The van der Waals surface area contributed by atoms with Crippen LogP contribution < -0.4 is 10.2 Å². The fourth-order valence-electron chi connectivity index (χ4n) is 5.35. The van der Waals surface area contributed by atoms with Crippen LogP contribution in [0.2, 0.25) is 10.0 Å². The lowest BCUT2D eigenvalue weighted by molar-refractivity contribution is -0.199. The van der Waals surface area contributed by atoms with Gasteiger partial charge in [0.25, 0.3) is 11.8 Å². The topological polar surface area (TPSA) is 82.1 Å². The largest absolute Gasteiger partial charge is 0.494 e. The van der Waals surface area contributed by atoms with Gasteiger partial charge in [-0.3, -0.25) is 14.6 Å². The molecule has 13 heteroatoms. The number of alkyl halides is 3. The van der Waals surface area contributed by atoms with Gasteiger partial charge >= 0.3 is 6.18 Å². The first kappa shape index (κ1) is 30.0. The summed E-state index contributed by atoms with van der Waals surface area (Å²) in [7, 11) is 0.